The standard InChI is InChI=1S/C28H28F3N5O3S/c1-16-14-34(15-21-9-10-23(40-21)18(3)37)11-12-35(16)27(38)22-13-32-36-25(28(29,30)31)17(2)24(33-26(22)36)19-5-7-20(39-4)8-6-19/h5-10,13,16H,11-12,14-15H2,1-4H3/t16-/m1/s1. The first-order valence-corrected chi connectivity index (χ1v) is 13.5. The van der Waals surface area contributed by atoms with Crippen LogP contribution >= 0.6 is 11.3 Å². The van der Waals surface area contributed by atoms with Crippen molar-refractivity contribution in [3.8, 4) is 17.0 Å². The number of alkyl halides is 3. The van der Waals surface area contributed by atoms with Gasteiger partial charge in [0.15, 0.2) is 17.1 Å². The van der Waals surface area contributed by atoms with Gasteiger partial charge < -0.3 is 9.64 Å². The molecule has 1 amide bonds. The van der Waals surface area contributed by atoms with Crippen molar-refractivity contribution in [1.82, 2.24) is 24.4 Å². The number of rotatable bonds is 6. The largest absolute Gasteiger partial charge is 0.497 e. The van der Waals surface area contributed by atoms with Crippen molar-refractivity contribution in [3.05, 3.63) is 69.2 Å². The molecule has 12 heteroatoms. The van der Waals surface area contributed by atoms with Crippen molar-refractivity contribution in [1.29, 1.82) is 0 Å². The number of fused-ring (bicyclic) bond motifs is 1. The van der Waals surface area contributed by atoms with Gasteiger partial charge in [-0.15, -0.1) is 11.3 Å². The monoisotopic (exact) mass is 571 g/mol. The van der Waals surface area contributed by atoms with Gasteiger partial charge in [0.2, 0.25) is 0 Å². The van der Waals surface area contributed by atoms with Crippen molar-refractivity contribution in [2.45, 2.75) is 39.5 Å². The number of hydrogen-bond acceptors (Lipinski definition) is 7. The van der Waals surface area contributed by atoms with Gasteiger partial charge >= 0.3 is 6.18 Å². The summed E-state index contributed by atoms with van der Waals surface area (Å²) in [6.07, 6.45) is -3.55. The van der Waals surface area contributed by atoms with Gasteiger partial charge in [-0.05, 0) is 57.2 Å². The molecule has 3 aromatic heterocycles. The molecule has 1 aromatic carbocycles. The fourth-order valence-corrected chi connectivity index (χ4v) is 6.04. The summed E-state index contributed by atoms with van der Waals surface area (Å²) in [5, 5.41) is 3.97. The fourth-order valence-electron chi connectivity index (χ4n) is 5.09. The first-order valence-electron chi connectivity index (χ1n) is 12.7. The number of benzene rings is 1. The van der Waals surface area contributed by atoms with Gasteiger partial charge in [-0.1, -0.05) is 0 Å². The summed E-state index contributed by atoms with van der Waals surface area (Å²) in [6, 6.07) is 10.1. The topological polar surface area (TPSA) is 80.0 Å². The number of halogens is 3. The Kier molecular flexibility index (Phi) is 7.40. The van der Waals surface area contributed by atoms with E-state index in [9.17, 15) is 22.8 Å². The highest BCUT2D eigenvalue weighted by molar-refractivity contribution is 7.14. The van der Waals surface area contributed by atoms with Gasteiger partial charge in [-0.25, -0.2) is 9.50 Å². The normalized spacial score (nSPS) is 16.5. The Morgan fingerprint density at radius 2 is 1.85 bits per heavy atom. The summed E-state index contributed by atoms with van der Waals surface area (Å²) in [5.41, 5.74) is -0.592. The summed E-state index contributed by atoms with van der Waals surface area (Å²) < 4.78 is 48.7. The molecule has 0 N–H and O–H groups in total. The molecule has 40 heavy (non-hydrogen) atoms. The van der Waals surface area contributed by atoms with Crippen LogP contribution in [0.5, 0.6) is 5.75 Å². The Labute approximate surface area is 233 Å². The molecular weight excluding hydrogens is 543 g/mol. The average molecular weight is 572 g/mol. The van der Waals surface area contributed by atoms with Crippen LogP contribution < -0.4 is 4.74 Å². The first-order chi connectivity index (χ1) is 19.0. The molecule has 0 spiro atoms. The maximum Gasteiger partial charge on any atom is 0.433 e. The maximum absolute atomic E-state index is 14.3. The van der Waals surface area contributed by atoms with E-state index >= 15 is 0 Å². The van der Waals surface area contributed by atoms with E-state index in [1.54, 1.807) is 29.2 Å². The quantitative estimate of drug-likeness (QED) is 0.291. The zero-order valence-electron chi connectivity index (χ0n) is 22.5. The van der Waals surface area contributed by atoms with Crippen molar-refractivity contribution < 1.29 is 27.5 Å². The third kappa shape index (κ3) is 5.20. The van der Waals surface area contributed by atoms with Crippen LogP contribution in [0.15, 0.2) is 42.6 Å². The zero-order valence-corrected chi connectivity index (χ0v) is 23.3. The Bertz CT molecular complexity index is 1580. The lowest BCUT2D eigenvalue weighted by atomic mass is 10.0. The minimum absolute atomic E-state index is 0.0184. The fraction of sp³-hybridized carbons (Fsp3) is 0.357. The van der Waals surface area contributed by atoms with Gasteiger partial charge in [0, 0.05) is 48.2 Å². The highest BCUT2D eigenvalue weighted by atomic mass is 32.1. The van der Waals surface area contributed by atoms with Crippen LogP contribution in [0, 0.1) is 6.92 Å². The molecule has 1 atom stereocenters. The molecule has 8 nitrogen and oxygen atoms in total. The average Bonchev–Trinajstić information content (AvgIpc) is 3.54. The number of methoxy groups -OCH3 is 1. The summed E-state index contributed by atoms with van der Waals surface area (Å²) >= 11 is 1.46. The van der Waals surface area contributed by atoms with E-state index in [1.165, 1.54) is 38.5 Å². The van der Waals surface area contributed by atoms with Crippen LogP contribution in [0.2, 0.25) is 0 Å². The number of Topliss-reactive ketones (excluding diaryl/α,β-unsaturated/α-hetero) is 1. The first kappa shape index (κ1) is 27.8. The molecule has 5 rings (SSSR count). The number of carbonyl (C=O) groups is 2. The second-order valence-corrected chi connectivity index (χ2v) is 11.0. The van der Waals surface area contributed by atoms with Gasteiger partial charge in [0.25, 0.3) is 5.91 Å². The summed E-state index contributed by atoms with van der Waals surface area (Å²) in [5.74, 6) is 0.175. The lowest BCUT2D eigenvalue weighted by molar-refractivity contribution is -0.143. The van der Waals surface area contributed by atoms with Crippen molar-refractivity contribution in [2.75, 3.05) is 26.7 Å². The van der Waals surface area contributed by atoms with E-state index in [0.29, 0.717) is 42.4 Å². The number of amides is 1. The predicted octanol–water partition coefficient (Wildman–Crippen LogP) is 5.34. The minimum atomic E-state index is -4.72. The van der Waals surface area contributed by atoms with Crippen molar-refractivity contribution >= 4 is 28.7 Å². The number of hydrogen-bond donors (Lipinski definition) is 0. The molecule has 0 radical (unpaired) electrons. The van der Waals surface area contributed by atoms with Gasteiger partial charge in [0.05, 0.1) is 23.9 Å². The molecule has 4 aromatic rings. The number of ketones is 1. The van der Waals surface area contributed by atoms with Crippen LogP contribution in [0.3, 0.4) is 0 Å². The van der Waals surface area contributed by atoms with Crippen LogP contribution in [0.4, 0.5) is 13.2 Å². The number of aromatic nitrogens is 3. The number of nitrogens with zero attached hydrogens (tertiary/aromatic N) is 5. The third-order valence-electron chi connectivity index (χ3n) is 7.11. The van der Waals surface area contributed by atoms with E-state index in [4.69, 9.17) is 4.74 Å². The van der Waals surface area contributed by atoms with Gasteiger partial charge in [-0.2, -0.15) is 18.3 Å². The number of piperazine rings is 1. The lowest BCUT2D eigenvalue weighted by Gasteiger charge is -2.39. The second kappa shape index (κ2) is 10.7. The van der Waals surface area contributed by atoms with E-state index in [-0.39, 0.29) is 34.3 Å². The summed E-state index contributed by atoms with van der Waals surface area (Å²) in [7, 11) is 1.50. The number of carbonyl (C=O) groups excluding carboxylic acids is 2. The van der Waals surface area contributed by atoms with Gasteiger partial charge in [0.1, 0.15) is 11.3 Å². The molecule has 0 bridgehead atoms. The molecule has 0 saturated carbocycles. The molecule has 1 aliphatic rings. The summed E-state index contributed by atoms with van der Waals surface area (Å²) in [6.45, 7) is 7.01. The number of thiophene rings is 1. The minimum Gasteiger partial charge on any atom is -0.497 e. The van der Waals surface area contributed by atoms with Crippen LogP contribution in [0.1, 0.15) is 50.0 Å². The van der Waals surface area contributed by atoms with E-state index in [1.807, 2.05) is 19.1 Å². The molecular formula is C28H28F3N5O3S. The molecule has 1 aliphatic heterocycles. The molecule has 4 heterocycles. The Hall–Kier alpha value is -3.77. The summed E-state index contributed by atoms with van der Waals surface area (Å²) in [4.78, 5) is 35.5. The van der Waals surface area contributed by atoms with Crippen LogP contribution in [0.25, 0.3) is 16.9 Å². The van der Waals surface area contributed by atoms with Crippen molar-refractivity contribution in [3.63, 3.8) is 0 Å². The molecule has 0 aliphatic carbocycles. The smallest absolute Gasteiger partial charge is 0.433 e. The highest BCUT2D eigenvalue weighted by Gasteiger charge is 2.39. The molecule has 1 saturated heterocycles. The SMILES string of the molecule is COc1ccc(-c2nc3c(C(=O)N4CCN(Cc5ccc(C(C)=O)s5)C[C@H]4C)cnn3c(C(F)(F)F)c2C)cc1. The Morgan fingerprint density at radius 1 is 1.12 bits per heavy atom. The maximum atomic E-state index is 14.3. The van der Waals surface area contributed by atoms with Crippen molar-refractivity contribution in [2.24, 2.45) is 0 Å². The lowest BCUT2D eigenvalue weighted by Crippen LogP contribution is -2.53. The molecule has 1 fully saturated rings. The van der Waals surface area contributed by atoms with E-state index in [2.05, 4.69) is 15.0 Å². The van der Waals surface area contributed by atoms with E-state index < -0.39 is 17.8 Å². The Balaban J connectivity index is 1.45. The second-order valence-electron chi connectivity index (χ2n) is 9.86. The highest BCUT2D eigenvalue weighted by Crippen LogP contribution is 2.37. The Morgan fingerprint density at radius 3 is 2.45 bits per heavy atom. The van der Waals surface area contributed by atoms with Gasteiger partial charge in [-0.3, -0.25) is 14.5 Å². The molecule has 0 unspecified atom stereocenters. The number of ether oxygens (including phenoxy) is 1. The zero-order chi connectivity index (χ0) is 28.8. The van der Waals surface area contributed by atoms with Crippen LogP contribution in [-0.4, -0.2) is 68.9 Å². The predicted molar refractivity (Wildman–Crippen MR) is 145 cm³/mol. The third-order valence-corrected chi connectivity index (χ3v) is 8.28. The molecule has 210 valence electrons. The van der Waals surface area contributed by atoms with Crippen LogP contribution in [-0.2, 0) is 12.7 Å². The van der Waals surface area contributed by atoms with E-state index in [0.717, 1.165) is 9.39 Å².